The van der Waals surface area contributed by atoms with Crippen molar-refractivity contribution >= 4 is 15.9 Å². The van der Waals surface area contributed by atoms with Gasteiger partial charge in [-0.05, 0) is 46.6 Å². The van der Waals surface area contributed by atoms with E-state index in [4.69, 9.17) is 4.74 Å². The number of benzene rings is 2. The molecule has 0 spiro atoms. The van der Waals surface area contributed by atoms with Gasteiger partial charge >= 0.3 is 0 Å². The second-order valence-electron chi connectivity index (χ2n) is 6.55. The van der Waals surface area contributed by atoms with Crippen LogP contribution in [0.3, 0.4) is 0 Å². The van der Waals surface area contributed by atoms with Crippen molar-refractivity contribution < 1.29 is 4.74 Å². The van der Waals surface area contributed by atoms with E-state index in [1.165, 1.54) is 16.8 Å². The van der Waals surface area contributed by atoms with Crippen LogP contribution >= 0.6 is 15.9 Å². The van der Waals surface area contributed by atoms with Gasteiger partial charge in [-0.3, -0.25) is 10.00 Å². The molecule has 5 heteroatoms. The highest BCUT2D eigenvalue weighted by Gasteiger charge is 2.23. The number of fused-ring (bicyclic) bond motifs is 1. The Bertz CT molecular complexity index is 892. The molecule has 134 valence electrons. The second kappa shape index (κ2) is 7.64. The van der Waals surface area contributed by atoms with Crippen molar-refractivity contribution in [2.75, 3.05) is 13.2 Å². The molecule has 0 bridgehead atoms. The molecule has 1 aromatic heterocycles. The van der Waals surface area contributed by atoms with Crippen LogP contribution in [-0.4, -0.2) is 28.2 Å². The van der Waals surface area contributed by atoms with E-state index in [1.54, 1.807) is 0 Å². The Kier molecular flexibility index (Phi) is 5.09. The van der Waals surface area contributed by atoms with Crippen LogP contribution in [0, 0.1) is 0 Å². The molecule has 4 rings (SSSR count). The van der Waals surface area contributed by atoms with Crippen molar-refractivity contribution in [3.8, 4) is 17.0 Å². The Morgan fingerprint density at radius 3 is 2.81 bits per heavy atom. The van der Waals surface area contributed by atoms with E-state index < -0.39 is 0 Å². The van der Waals surface area contributed by atoms with Gasteiger partial charge in [-0.25, -0.2) is 0 Å². The van der Waals surface area contributed by atoms with Crippen molar-refractivity contribution in [1.82, 2.24) is 15.1 Å². The number of ether oxygens (including phenoxy) is 1. The average molecular weight is 412 g/mol. The Hall–Kier alpha value is -2.11. The Morgan fingerprint density at radius 2 is 2.04 bits per heavy atom. The lowest BCUT2D eigenvalue weighted by molar-refractivity contribution is 0.245. The molecule has 2 aromatic carbocycles. The normalized spacial score (nSPS) is 14.2. The summed E-state index contributed by atoms with van der Waals surface area (Å²) in [6.45, 7) is 5.59. The van der Waals surface area contributed by atoms with Crippen LogP contribution in [-0.2, 0) is 19.5 Å². The van der Waals surface area contributed by atoms with Crippen molar-refractivity contribution in [3.05, 3.63) is 69.8 Å². The molecule has 1 aliphatic rings. The quantitative estimate of drug-likeness (QED) is 0.655. The standard InChI is InChI=1S/C21H22BrN3O/c1-2-26-20-9-8-16(12-18(20)22)21-17-14-25(11-10-19(17)23-24-21)13-15-6-4-3-5-7-15/h3-9,12H,2,10-11,13-14H2,1H3,(H,23,24). The number of aromatic amines is 1. The molecule has 1 N–H and O–H groups in total. The summed E-state index contributed by atoms with van der Waals surface area (Å²) in [5.41, 5.74) is 6.07. The van der Waals surface area contributed by atoms with E-state index in [0.29, 0.717) is 6.61 Å². The van der Waals surface area contributed by atoms with Crippen LogP contribution in [0.2, 0.25) is 0 Å². The summed E-state index contributed by atoms with van der Waals surface area (Å²) in [5, 5.41) is 7.86. The van der Waals surface area contributed by atoms with Gasteiger partial charge in [0.2, 0.25) is 0 Å². The minimum absolute atomic E-state index is 0.657. The van der Waals surface area contributed by atoms with Crippen LogP contribution < -0.4 is 4.74 Å². The first-order valence-electron chi connectivity index (χ1n) is 8.99. The van der Waals surface area contributed by atoms with Gasteiger partial charge in [-0.1, -0.05) is 30.3 Å². The monoisotopic (exact) mass is 411 g/mol. The molecule has 0 aliphatic carbocycles. The van der Waals surface area contributed by atoms with Crippen molar-refractivity contribution in [2.24, 2.45) is 0 Å². The topological polar surface area (TPSA) is 41.1 Å². The summed E-state index contributed by atoms with van der Waals surface area (Å²) in [7, 11) is 0. The number of hydrogen-bond acceptors (Lipinski definition) is 3. The molecule has 0 amide bonds. The molecule has 0 saturated heterocycles. The van der Waals surface area contributed by atoms with Crippen LogP contribution in [0.5, 0.6) is 5.75 Å². The molecule has 3 aromatic rings. The molecule has 0 fully saturated rings. The molecule has 26 heavy (non-hydrogen) atoms. The molecular weight excluding hydrogens is 390 g/mol. The predicted molar refractivity (Wildman–Crippen MR) is 107 cm³/mol. The summed E-state index contributed by atoms with van der Waals surface area (Å²) in [6.07, 6.45) is 1.01. The maximum atomic E-state index is 5.62. The van der Waals surface area contributed by atoms with Gasteiger partial charge in [0.1, 0.15) is 5.75 Å². The fourth-order valence-electron chi connectivity index (χ4n) is 3.49. The van der Waals surface area contributed by atoms with E-state index in [2.05, 4.69) is 73.5 Å². The number of hydrogen-bond donors (Lipinski definition) is 1. The molecule has 0 saturated carbocycles. The minimum atomic E-state index is 0.657. The van der Waals surface area contributed by atoms with E-state index in [-0.39, 0.29) is 0 Å². The van der Waals surface area contributed by atoms with E-state index in [9.17, 15) is 0 Å². The van der Waals surface area contributed by atoms with Crippen molar-refractivity contribution in [3.63, 3.8) is 0 Å². The fraction of sp³-hybridized carbons (Fsp3) is 0.286. The summed E-state index contributed by atoms with van der Waals surface area (Å²) in [5.74, 6) is 0.867. The SMILES string of the molecule is CCOc1ccc(-c2n[nH]c3c2CN(Cc2ccccc2)CC3)cc1Br. The van der Waals surface area contributed by atoms with Crippen LogP contribution in [0.4, 0.5) is 0 Å². The molecule has 0 unspecified atom stereocenters. The van der Waals surface area contributed by atoms with Crippen LogP contribution in [0.1, 0.15) is 23.7 Å². The smallest absolute Gasteiger partial charge is 0.133 e. The van der Waals surface area contributed by atoms with Crippen molar-refractivity contribution in [2.45, 2.75) is 26.4 Å². The predicted octanol–water partition coefficient (Wildman–Crippen LogP) is 4.80. The maximum absolute atomic E-state index is 5.62. The number of aromatic nitrogens is 2. The molecule has 2 heterocycles. The summed E-state index contributed by atoms with van der Waals surface area (Å²) in [4.78, 5) is 2.49. The van der Waals surface area contributed by atoms with E-state index >= 15 is 0 Å². The van der Waals surface area contributed by atoms with Gasteiger partial charge < -0.3 is 4.74 Å². The highest BCUT2D eigenvalue weighted by molar-refractivity contribution is 9.10. The zero-order valence-electron chi connectivity index (χ0n) is 14.8. The lowest BCUT2D eigenvalue weighted by Crippen LogP contribution is -2.29. The van der Waals surface area contributed by atoms with E-state index in [0.717, 1.165) is 47.5 Å². The third-order valence-electron chi connectivity index (χ3n) is 4.77. The number of halogens is 1. The summed E-state index contributed by atoms with van der Waals surface area (Å²) < 4.78 is 6.59. The molecular formula is C21H22BrN3O. The van der Waals surface area contributed by atoms with Gasteiger partial charge in [-0.15, -0.1) is 0 Å². The number of nitrogens with zero attached hydrogens (tertiary/aromatic N) is 2. The van der Waals surface area contributed by atoms with Crippen molar-refractivity contribution in [1.29, 1.82) is 0 Å². The first-order valence-corrected chi connectivity index (χ1v) is 9.79. The highest BCUT2D eigenvalue weighted by Crippen LogP contribution is 2.34. The molecule has 0 radical (unpaired) electrons. The van der Waals surface area contributed by atoms with Gasteiger partial charge in [0.25, 0.3) is 0 Å². The third-order valence-corrected chi connectivity index (χ3v) is 5.39. The minimum Gasteiger partial charge on any atom is -0.493 e. The first-order chi connectivity index (χ1) is 12.7. The van der Waals surface area contributed by atoms with E-state index in [1.807, 2.05) is 13.0 Å². The zero-order valence-corrected chi connectivity index (χ0v) is 16.4. The average Bonchev–Trinajstić information content (AvgIpc) is 3.08. The summed E-state index contributed by atoms with van der Waals surface area (Å²) >= 11 is 3.61. The Balaban J connectivity index is 1.58. The number of nitrogens with one attached hydrogen (secondary N) is 1. The van der Waals surface area contributed by atoms with Crippen LogP contribution in [0.25, 0.3) is 11.3 Å². The lowest BCUT2D eigenvalue weighted by atomic mass is 10.0. The third kappa shape index (κ3) is 3.55. The molecule has 1 aliphatic heterocycles. The van der Waals surface area contributed by atoms with Gasteiger partial charge in [-0.2, -0.15) is 5.10 Å². The highest BCUT2D eigenvalue weighted by atomic mass is 79.9. The maximum Gasteiger partial charge on any atom is 0.133 e. The van der Waals surface area contributed by atoms with Crippen LogP contribution in [0.15, 0.2) is 53.0 Å². The number of H-pyrrole nitrogens is 1. The molecule has 0 atom stereocenters. The lowest BCUT2D eigenvalue weighted by Gasteiger charge is -2.27. The first kappa shape index (κ1) is 17.3. The Morgan fingerprint density at radius 1 is 1.19 bits per heavy atom. The van der Waals surface area contributed by atoms with Gasteiger partial charge in [0.05, 0.1) is 16.8 Å². The largest absolute Gasteiger partial charge is 0.493 e. The zero-order chi connectivity index (χ0) is 17.9. The van der Waals surface area contributed by atoms with Gasteiger partial charge in [0, 0.05) is 42.9 Å². The second-order valence-corrected chi connectivity index (χ2v) is 7.41. The Labute approximate surface area is 162 Å². The molecule has 4 nitrogen and oxygen atoms in total. The number of rotatable bonds is 5. The summed E-state index contributed by atoms with van der Waals surface area (Å²) in [6, 6.07) is 16.8. The fourth-order valence-corrected chi connectivity index (χ4v) is 3.98. The van der Waals surface area contributed by atoms with Gasteiger partial charge in [0.15, 0.2) is 0 Å².